The fourth-order valence-electron chi connectivity index (χ4n) is 4.26. The first-order chi connectivity index (χ1) is 16.8. The zero-order valence-corrected chi connectivity index (χ0v) is 19.5. The monoisotopic (exact) mass is 506 g/mol. The van der Waals surface area contributed by atoms with E-state index < -0.39 is 17.6 Å². The van der Waals surface area contributed by atoms with E-state index in [9.17, 15) is 18.0 Å². The number of pyridine rings is 1. The normalized spacial score (nSPS) is 17.9. The van der Waals surface area contributed by atoms with E-state index in [1.807, 2.05) is 0 Å². The van der Waals surface area contributed by atoms with E-state index in [2.05, 4.69) is 19.9 Å². The summed E-state index contributed by atoms with van der Waals surface area (Å²) in [7, 11) is 1.16. The minimum absolute atomic E-state index is 0.0815. The number of rotatable bonds is 5. The number of fused-ring (bicyclic) bond motifs is 1. The van der Waals surface area contributed by atoms with Crippen LogP contribution in [0.25, 0.3) is 0 Å². The molecule has 2 aliphatic rings. The van der Waals surface area contributed by atoms with Crippen LogP contribution in [0.2, 0.25) is 0 Å². The number of aromatic nitrogens is 4. The van der Waals surface area contributed by atoms with Crippen molar-refractivity contribution in [3.63, 3.8) is 0 Å². The summed E-state index contributed by atoms with van der Waals surface area (Å²) < 4.78 is 51.4. The third kappa shape index (κ3) is 4.72. The van der Waals surface area contributed by atoms with Crippen molar-refractivity contribution in [2.24, 2.45) is 0 Å². The smallest absolute Gasteiger partial charge is 0.421 e. The maximum Gasteiger partial charge on any atom is 0.421 e. The van der Waals surface area contributed by atoms with Crippen LogP contribution in [0, 0.1) is 0 Å². The van der Waals surface area contributed by atoms with Gasteiger partial charge in [-0.25, -0.2) is 15.0 Å². The van der Waals surface area contributed by atoms with Crippen LogP contribution in [0.1, 0.15) is 32.9 Å². The molecule has 35 heavy (non-hydrogen) atoms. The molecule has 0 aliphatic carbocycles. The number of nitrogens with zero attached hydrogens (tertiary/aromatic N) is 6. The average Bonchev–Trinajstić information content (AvgIpc) is 3.55. The summed E-state index contributed by atoms with van der Waals surface area (Å²) in [4.78, 5) is 33.1. The second-order valence-corrected chi connectivity index (χ2v) is 9.06. The highest BCUT2D eigenvalue weighted by Gasteiger charge is 2.36. The van der Waals surface area contributed by atoms with Crippen LogP contribution in [-0.4, -0.2) is 63.6 Å². The molecule has 5 heterocycles. The third-order valence-electron chi connectivity index (χ3n) is 6.02. The lowest BCUT2D eigenvalue weighted by atomic mass is 10.1. The second kappa shape index (κ2) is 9.29. The summed E-state index contributed by atoms with van der Waals surface area (Å²) in [6.45, 7) is 1.71. The molecule has 13 heteroatoms. The highest BCUT2D eigenvalue weighted by atomic mass is 32.1. The van der Waals surface area contributed by atoms with Crippen LogP contribution < -0.4 is 14.4 Å². The molecule has 0 N–H and O–H groups in total. The molecular weight excluding hydrogens is 485 g/mol. The lowest BCUT2D eigenvalue weighted by Crippen LogP contribution is -2.33. The van der Waals surface area contributed by atoms with Crippen LogP contribution in [0.15, 0.2) is 30.3 Å². The van der Waals surface area contributed by atoms with Crippen molar-refractivity contribution in [2.45, 2.75) is 31.7 Å². The molecule has 0 radical (unpaired) electrons. The standard InChI is InChI=1S/C22H21F3N6O3S/c1-33-20-16(22(23,24)25)6-13(7-27-20)30-5-3-17-15(10-30)19(29-11-28-17)34-14-2-4-31(9-14)21(32)18-8-26-12-35-18/h6-8,11-12,14H,2-5,9-10H2,1H3. The molecule has 1 atom stereocenters. The molecule has 0 spiro atoms. The number of thiazole rings is 1. The molecule has 3 aromatic heterocycles. The molecule has 184 valence electrons. The molecule has 5 rings (SSSR count). The van der Waals surface area contributed by atoms with Gasteiger partial charge in [0.1, 0.15) is 22.9 Å². The van der Waals surface area contributed by atoms with Gasteiger partial charge < -0.3 is 19.3 Å². The quantitative estimate of drug-likeness (QED) is 0.521. The Morgan fingerprint density at radius 2 is 2.03 bits per heavy atom. The number of carbonyl (C=O) groups excluding carboxylic acids is 1. The van der Waals surface area contributed by atoms with Gasteiger partial charge in [0.15, 0.2) is 0 Å². The van der Waals surface area contributed by atoms with E-state index in [4.69, 9.17) is 9.47 Å². The van der Waals surface area contributed by atoms with Crippen LogP contribution in [0.4, 0.5) is 18.9 Å². The molecule has 0 saturated carbocycles. The summed E-state index contributed by atoms with van der Waals surface area (Å²) in [6.07, 6.45) is 0.658. The van der Waals surface area contributed by atoms with E-state index in [0.29, 0.717) is 48.9 Å². The van der Waals surface area contributed by atoms with Crippen molar-refractivity contribution < 1.29 is 27.4 Å². The van der Waals surface area contributed by atoms with E-state index >= 15 is 0 Å². The Hall–Kier alpha value is -3.48. The van der Waals surface area contributed by atoms with Crippen LogP contribution in [0.3, 0.4) is 0 Å². The van der Waals surface area contributed by atoms with Crippen molar-refractivity contribution in [2.75, 3.05) is 31.6 Å². The number of hydrogen-bond acceptors (Lipinski definition) is 9. The van der Waals surface area contributed by atoms with Crippen molar-refractivity contribution in [3.8, 4) is 11.8 Å². The number of methoxy groups -OCH3 is 1. The molecule has 0 bridgehead atoms. The Morgan fingerprint density at radius 1 is 1.17 bits per heavy atom. The van der Waals surface area contributed by atoms with Gasteiger partial charge in [-0.15, -0.1) is 11.3 Å². The Kier molecular flexibility index (Phi) is 6.17. The Morgan fingerprint density at radius 3 is 2.77 bits per heavy atom. The van der Waals surface area contributed by atoms with Gasteiger partial charge in [-0.1, -0.05) is 0 Å². The van der Waals surface area contributed by atoms with Crippen LogP contribution in [-0.2, 0) is 19.1 Å². The van der Waals surface area contributed by atoms with Crippen molar-refractivity contribution in [3.05, 3.63) is 52.0 Å². The zero-order valence-electron chi connectivity index (χ0n) is 18.7. The van der Waals surface area contributed by atoms with Gasteiger partial charge in [-0.2, -0.15) is 13.2 Å². The lowest BCUT2D eigenvalue weighted by molar-refractivity contribution is -0.139. The molecule has 1 fully saturated rings. The molecule has 0 aromatic carbocycles. The summed E-state index contributed by atoms with van der Waals surface area (Å²) in [5.41, 5.74) is 2.52. The number of halogens is 3. The van der Waals surface area contributed by atoms with Gasteiger partial charge in [0.25, 0.3) is 5.91 Å². The van der Waals surface area contributed by atoms with E-state index in [-0.39, 0.29) is 18.6 Å². The number of ether oxygens (including phenoxy) is 2. The molecule has 1 amide bonds. The second-order valence-electron chi connectivity index (χ2n) is 8.17. The van der Waals surface area contributed by atoms with Crippen molar-refractivity contribution in [1.82, 2.24) is 24.8 Å². The van der Waals surface area contributed by atoms with Crippen LogP contribution in [0.5, 0.6) is 11.8 Å². The van der Waals surface area contributed by atoms with E-state index in [1.54, 1.807) is 21.5 Å². The Balaban J connectivity index is 1.33. The van der Waals surface area contributed by atoms with Gasteiger partial charge >= 0.3 is 6.18 Å². The van der Waals surface area contributed by atoms with Gasteiger partial charge in [-0.05, 0) is 6.07 Å². The molecule has 2 aliphatic heterocycles. The topological polar surface area (TPSA) is 93.6 Å². The van der Waals surface area contributed by atoms with Crippen LogP contribution >= 0.6 is 11.3 Å². The minimum Gasteiger partial charge on any atom is -0.481 e. The number of hydrogen-bond donors (Lipinski definition) is 0. The molecule has 3 aromatic rings. The highest BCUT2D eigenvalue weighted by molar-refractivity contribution is 7.11. The Bertz CT molecular complexity index is 1220. The van der Waals surface area contributed by atoms with Gasteiger partial charge in [0, 0.05) is 25.9 Å². The fourth-order valence-corrected chi connectivity index (χ4v) is 4.85. The van der Waals surface area contributed by atoms with Gasteiger partial charge in [0.05, 0.1) is 55.0 Å². The average molecular weight is 507 g/mol. The molecule has 1 unspecified atom stereocenters. The number of likely N-dealkylation sites (tertiary alicyclic amines) is 1. The zero-order chi connectivity index (χ0) is 24.6. The Labute approximate surface area is 202 Å². The summed E-state index contributed by atoms with van der Waals surface area (Å²) >= 11 is 1.29. The maximum absolute atomic E-state index is 13.5. The first kappa shape index (κ1) is 23.3. The molecule has 9 nitrogen and oxygen atoms in total. The van der Waals surface area contributed by atoms with E-state index in [0.717, 1.165) is 24.4 Å². The number of anilines is 1. The molecule has 1 saturated heterocycles. The summed E-state index contributed by atoms with van der Waals surface area (Å²) in [5, 5.41) is 0. The largest absolute Gasteiger partial charge is 0.481 e. The lowest BCUT2D eigenvalue weighted by Gasteiger charge is -2.31. The maximum atomic E-state index is 13.5. The van der Waals surface area contributed by atoms with Crippen molar-refractivity contribution in [1.29, 1.82) is 0 Å². The molecular formula is C22H21F3N6O3S. The number of amides is 1. The van der Waals surface area contributed by atoms with Gasteiger partial charge in [0.2, 0.25) is 11.8 Å². The third-order valence-corrected chi connectivity index (χ3v) is 6.78. The predicted molar refractivity (Wildman–Crippen MR) is 120 cm³/mol. The summed E-state index contributed by atoms with van der Waals surface area (Å²) in [5.74, 6) is -0.166. The van der Waals surface area contributed by atoms with Gasteiger partial charge in [-0.3, -0.25) is 9.78 Å². The predicted octanol–water partition coefficient (Wildman–Crippen LogP) is 3.21. The first-order valence-corrected chi connectivity index (χ1v) is 11.7. The number of carbonyl (C=O) groups is 1. The highest BCUT2D eigenvalue weighted by Crippen LogP contribution is 2.38. The number of alkyl halides is 3. The SMILES string of the molecule is COc1ncc(N2CCc3ncnc(OC4CCN(C(=O)c5cncs5)C4)c3C2)cc1C(F)(F)F. The summed E-state index contributed by atoms with van der Waals surface area (Å²) in [6, 6.07) is 1.04. The first-order valence-electron chi connectivity index (χ1n) is 10.9. The van der Waals surface area contributed by atoms with E-state index in [1.165, 1.54) is 23.9 Å². The van der Waals surface area contributed by atoms with Crippen molar-refractivity contribution >= 4 is 22.9 Å². The fraction of sp³-hybridized carbons (Fsp3) is 0.409. The minimum atomic E-state index is -4.59.